The van der Waals surface area contributed by atoms with Crippen LogP contribution in [-0.2, 0) is 4.74 Å². The van der Waals surface area contributed by atoms with Crippen molar-refractivity contribution >= 4 is 15.9 Å². The topological polar surface area (TPSA) is 47.3 Å². The largest absolute Gasteiger partial charge is 0.380 e. The molecule has 15 heavy (non-hydrogen) atoms. The van der Waals surface area contributed by atoms with Crippen molar-refractivity contribution in [2.24, 2.45) is 5.84 Å². The van der Waals surface area contributed by atoms with E-state index in [9.17, 15) is 4.39 Å². The zero-order chi connectivity index (χ0) is 11.3. The SMILES string of the molecule is CCOCC(NN)c1ccc(F)c(Br)c1. The van der Waals surface area contributed by atoms with E-state index in [2.05, 4.69) is 21.4 Å². The Morgan fingerprint density at radius 1 is 1.60 bits per heavy atom. The molecule has 1 aromatic carbocycles. The van der Waals surface area contributed by atoms with E-state index in [4.69, 9.17) is 10.6 Å². The molecule has 0 bridgehead atoms. The molecule has 0 aromatic heterocycles. The number of nitrogens with one attached hydrogen (secondary N) is 1. The predicted octanol–water partition coefficient (Wildman–Crippen LogP) is 2.13. The first-order chi connectivity index (χ1) is 7.19. The summed E-state index contributed by atoms with van der Waals surface area (Å²) in [6, 6.07) is 4.65. The number of nitrogens with two attached hydrogens (primary N) is 1. The molecule has 1 rings (SSSR count). The molecule has 0 aliphatic heterocycles. The molecule has 5 heteroatoms. The van der Waals surface area contributed by atoms with E-state index in [1.807, 2.05) is 6.92 Å². The minimum atomic E-state index is -0.286. The average Bonchev–Trinajstić information content (AvgIpc) is 2.24. The van der Waals surface area contributed by atoms with Crippen LogP contribution in [0, 0.1) is 5.82 Å². The molecule has 0 heterocycles. The Bertz CT molecular complexity index is 322. The molecule has 0 amide bonds. The summed E-state index contributed by atoms with van der Waals surface area (Å²) in [5.41, 5.74) is 3.52. The second kappa shape index (κ2) is 6.17. The van der Waals surface area contributed by atoms with Gasteiger partial charge in [-0.2, -0.15) is 0 Å². The van der Waals surface area contributed by atoms with Gasteiger partial charge in [0.15, 0.2) is 0 Å². The number of benzene rings is 1. The quantitative estimate of drug-likeness (QED) is 0.640. The summed E-state index contributed by atoms with van der Waals surface area (Å²) >= 11 is 3.13. The van der Waals surface area contributed by atoms with Crippen molar-refractivity contribution in [1.29, 1.82) is 0 Å². The maximum absolute atomic E-state index is 13.0. The fourth-order valence-corrected chi connectivity index (χ4v) is 1.60. The number of halogens is 2. The summed E-state index contributed by atoms with van der Waals surface area (Å²) in [6.45, 7) is 3.00. The molecule has 0 fully saturated rings. The lowest BCUT2D eigenvalue weighted by Gasteiger charge is -2.16. The number of hydrogen-bond donors (Lipinski definition) is 2. The first-order valence-corrected chi connectivity index (χ1v) is 5.47. The monoisotopic (exact) mass is 276 g/mol. The standard InChI is InChI=1S/C10H14BrFN2O/c1-2-15-6-10(14-13)7-3-4-9(12)8(11)5-7/h3-5,10,14H,2,6,13H2,1H3. The van der Waals surface area contributed by atoms with E-state index >= 15 is 0 Å². The van der Waals surface area contributed by atoms with Crippen LogP contribution in [0.5, 0.6) is 0 Å². The third kappa shape index (κ3) is 3.53. The molecular weight excluding hydrogens is 263 g/mol. The lowest BCUT2D eigenvalue weighted by molar-refractivity contribution is 0.123. The highest BCUT2D eigenvalue weighted by molar-refractivity contribution is 9.10. The maximum Gasteiger partial charge on any atom is 0.137 e. The van der Waals surface area contributed by atoms with E-state index < -0.39 is 0 Å². The third-order valence-electron chi connectivity index (χ3n) is 2.04. The molecule has 0 spiro atoms. The maximum atomic E-state index is 13.0. The van der Waals surface area contributed by atoms with Gasteiger partial charge < -0.3 is 4.74 Å². The zero-order valence-electron chi connectivity index (χ0n) is 8.47. The van der Waals surface area contributed by atoms with E-state index in [1.165, 1.54) is 6.07 Å². The van der Waals surface area contributed by atoms with Crippen LogP contribution < -0.4 is 11.3 Å². The van der Waals surface area contributed by atoms with Crippen molar-refractivity contribution in [2.75, 3.05) is 13.2 Å². The molecule has 1 unspecified atom stereocenters. The highest BCUT2D eigenvalue weighted by Gasteiger charge is 2.11. The number of hydrazine groups is 1. The molecule has 1 aromatic rings. The molecule has 3 N–H and O–H groups in total. The minimum absolute atomic E-state index is 0.123. The van der Waals surface area contributed by atoms with Gasteiger partial charge >= 0.3 is 0 Å². The molecule has 84 valence electrons. The number of rotatable bonds is 5. The molecule has 0 aliphatic carbocycles. The van der Waals surface area contributed by atoms with Gasteiger partial charge in [-0.05, 0) is 40.5 Å². The Morgan fingerprint density at radius 2 is 2.33 bits per heavy atom. The van der Waals surface area contributed by atoms with Crippen LogP contribution in [0.1, 0.15) is 18.5 Å². The molecule has 0 radical (unpaired) electrons. The van der Waals surface area contributed by atoms with Crippen molar-refractivity contribution < 1.29 is 9.13 Å². The van der Waals surface area contributed by atoms with Gasteiger partial charge in [0.1, 0.15) is 5.82 Å². The Morgan fingerprint density at radius 3 is 2.87 bits per heavy atom. The van der Waals surface area contributed by atoms with Crippen LogP contribution in [-0.4, -0.2) is 13.2 Å². The normalized spacial score (nSPS) is 12.8. The van der Waals surface area contributed by atoms with E-state index in [-0.39, 0.29) is 11.9 Å². The van der Waals surface area contributed by atoms with Gasteiger partial charge in [0, 0.05) is 6.61 Å². The Balaban J connectivity index is 2.78. The average molecular weight is 277 g/mol. The molecule has 0 aliphatic rings. The van der Waals surface area contributed by atoms with E-state index in [0.717, 1.165) is 5.56 Å². The fraction of sp³-hybridized carbons (Fsp3) is 0.400. The number of hydrogen-bond acceptors (Lipinski definition) is 3. The van der Waals surface area contributed by atoms with Gasteiger partial charge in [-0.3, -0.25) is 11.3 Å². The Hall–Kier alpha value is -0.490. The molecular formula is C10H14BrFN2O. The van der Waals surface area contributed by atoms with Crippen molar-refractivity contribution in [3.05, 3.63) is 34.1 Å². The minimum Gasteiger partial charge on any atom is -0.380 e. The highest BCUT2D eigenvalue weighted by atomic mass is 79.9. The summed E-state index contributed by atoms with van der Waals surface area (Å²) in [5.74, 6) is 5.11. The first kappa shape index (κ1) is 12.6. The van der Waals surface area contributed by atoms with Gasteiger partial charge in [-0.15, -0.1) is 0 Å². The van der Waals surface area contributed by atoms with Crippen LogP contribution in [0.15, 0.2) is 22.7 Å². The second-order valence-electron chi connectivity index (χ2n) is 3.05. The van der Waals surface area contributed by atoms with Gasteiger partial charge in [0.25, 0.3) is 0 Å². The van der Waals surface area contributed by atoms with Gasteiger partial charge in [0.2, 0.25) is 0 Å². The summed E-state index contributed by atoms with van der Waals surface area (Å²) < 4.78 is 18.7. The van der Waals surface area contributed by atoms with Gasteiger partial charge in [-0.1, -0.05) is 6.07 Å². The van der Waals surface area contributed by atoms with Crippen molar-refractivity contribution in [3.63, 3.8) is 0 Å². The smallest absolute Gasteiger partial charge is 0.137 e. The Kier molecular flexibility index (Phi) is 5.17. The zero-order valence-corrected chi connectivity index (χ0v) is 10.1. The first-order valence-electron chi connectivity index (χ1n) is 4.67. The van der Waals surface area contributed by atoms with Crippen LogP contribution >= 0.6 is 15.9 Å². The second-order valence-corrected chi connectivity index (χ2v) is 3.91. The van der Waals surface area contributed by atoms with Crippen LogP contribution in [0.4, 0.5) is 4.39 Å². The van der Waals surface area contributed by atoms with E-state index in [0.29, 0.717) is 17.7 Å². The molecule has 1 atom stereocenters. The lowest BCUT2D eigenvalue weighted by Crippen LogP contribution is -2.31. The summed E-state index contributed by atoms with van der Waals surface area (Å²) in [5, 5.41) is 0. The molecule has 0 saturated carbocycles. The van der Waals surface area contributed by atoms with Crippen LogP contribution in [0.25, 0.3) is 0 Å². The van der Waals surface area contributed by atoms with Gasteiger partial charge in [0.05, 0.1) is 17.1 Å². The van der Waals surface area contributed by atoms with Crippen molar-refractivity contribution in [3.8, 4) is 0 Å². The summed E-state index contributed by atoms with van der Waals surface area (Å²) in [7, 11) is 0. The molecule has 3 nitrogen and oxygen atoms in total. The van der Waals surface area contributed by atoms with Crippen LogP contribution in [0.3, 0.4) is 0 Å². The van der Waals surface area contributed by atoms with Crippen LogP contribution in [0.2, 0.25) is 0 Å². The van der Waals surface area contributed by atoms with Gasteiger partial charge in [-0.25, -0.2) is 4.39 Å². The third-order valence-corrected chi connectivity index (χ3v) is 2.64. The Labute approximate surface area is 96.9 Å². The van der Waals surface area contributed by atoms with E-state index in [1.54, 1.807) is 12.1 Å². The number of ether oxygens (including phenoxy) is 1. The predicted molar refractivity (Wildman–Crippen MR) is 60.7 cm³/mol. The summed E-state index contributed by atoms with van der Waals surface area (Å²) in [4.78, 5) is 0. The fourth-order valence-electron chi connectivity index (χ4n) is 1.21. The lowest BCUT2D eigenvalue weighted by atomic mass is 10.1. The van der Waals surface area contributed by atoms with Crippen molar-refractivity contribution in [1.82, 2.24) is 5.43 Å². The van der Waals surface area contributed by atoms with Crippen molar-refractivity contribution in [2.45, 2.75) is 13.0 Å². The molecule has 0 saturated heterocycles. The highest BCUT2D eigenvalue weighted by Crippen LogP contribution is 2.21. The summed E-state index contributed by atoms with van der Waals surface area (Å²) in [6.07, 6.45) is 0.